The van der Waals surface area contributed by atoms with E-state index < -0.39 is 15.3 Å². The van der Waals surface area contributed by atoms with Crippen LogP contribution in [0.4, 0.5) is 5.82 Å². The van der Waals surface area contributed by atoms with E-state index in [4.69, 9.17) is 16.9 Å². The van der Waals surface area contributed by atoms with Crippen LogP contribution in [0.3, 0.4) is 0 Å². The topological polar surface area (TPSA) is 82.8 Å². The van der Waals surface area contributed by atoms with Crippen molar-refractivity contribution in [3.63, 3.8) is 0 Å². The molecule has 0 saturated carbocycles. The van der Waals surface area contributed by atoms with Crippen molar-refractivity contribution in [2.24, 2.45) is 0 Å². The predicted molar refractivity (Wildman–Crippen MR) is 56.9 cm³/mol. The van der Waals surface area contributed by atoms with Crippen LogP contribution in [0.5, 0.6) is 0 Å². The molecule has 0 aliphatic rings. The van der Waals surface area contributed by atoms with Gasteiger partial charge < -0.3 is 0 Å². The Morgan fingerprint density at radius 1 is 1.60 bits per heavy atom. The van der Waals surface area contributed by atoms with Crippen molar-refractivity contribution in [3.8, 4) is 6.07 Å². The van der Waals surface area contributed by atoms with Crippen LogP contribution < -0.4 is 4.72 Å². The van der Waals surface area contributed by atoms with Crippen molar-refractivity contribution in [1.29, 1.82) is 5.26 Å². The van der Waals surface area contributed by atoms with Crippen molar-refractivity contribution >= 4 is 27.4 Å². The molecule has 1 N–H and O–H groups in total. The third kappa shape index (κ3) is 3.08. The summed E-state index contributed by atoms with van der Waals surface area (Å²) >= 11 is 5.58. The first-order chi connectivity index (χ1) is 6.95. The third-order valence-corrected chi connectivity index (χ3v) is 3.38. The molecule has 15 heavy (non-hydrogen) atoms. The second-order valence-electron chi connectivity index (χ2n) is 2.78. The molecular formula is C8H8ClN3O2S. The van der Waals surface area contributed by atoms with Crippen LogP contribution in [0, 0.1) is 11.3 Å². The van der Waals surface area contributed by atoms with E-state index in [1.54, 1.807) is 6.07 Å². The number of hydrogen-bond donors (Lipinski definition) is 1. The Morgan fingerprint density at radius 3 is 2.73 bits per heavy atom. The van der Waals surface area contributed by atoms with Crippen LogP contribution in [0.15, 0.2) is 18.3 Å². The Balaban J connectivity index is 2.88. The lowest BCUT2D eigenvalue weighted by atomic mass is 10.5. The first-order valence-electron chi connectivity index (χ1n) is 3.98. The lowest BCUT2D eigenvalue weighted by Crippen LogP contribution is -2.24. The zero-order valence-corrected chi connectivity index (χ0v) is 9.38. The number of halogens is 1. The third-order valence-electron chi connectivity index (χ3n) is 1.62. The van der Waals surface area contributed by atoms with E-state index in [2.05, 4.69) is 9.71 Å². The number of anilines is 1. The maximum Gasteiger partial charge on any atom is 0.250 e. The summed E-state index contributed by atoms with van der Waals surface area (Å²) in [6.07, 6.45) is 1.32. The minimum Gasteiger partial charge on any atom is -0.266 e. The summed E-state index contributed by atoms with van der Waals surface area (Å²) in [4.78, 5) is 3.75. The first-order valence-corrected chi connectivity index (χ1v) is 5.91. The molecule has 0 radical (unpaired) electrons. The minimum atomic E-state index is -3.69. The number of hydrogen-bond acceptors (Lipinski definition) is 4. The number of sulfonamides is 1. The molecule has 1 atom stereocenters. The fourth-order valence-corrected chi connectivity index (χ4v) is 1.58. The molecule has 1 unspecified atom stereocenters. The van der Waals surface area contributed by atoms with Crippen LogP contribution >= 0.6 is 11.6 Å². The number of rotatable bonds is 3. The second-order valence-corrected chi connectivity index (χ2v) is 5.22. The largest absolute Gasteiger partial charge is 0.266 e. The molecule has 80 valence electrons. The van der Waals surface area contributed by atoms with Crippen molar-refractivity contribution < 1.29 is 8.42 Å². The van der Waals surface area contributed by atoms with Crippen LogP contribution in [0.25, 0.3) is 0 Å². The molecule has 0 amide bonds. The molecule has 0 saturated heterocycles. The predicted octanol–water partition coefficient (Wildman–Crippen LogP) is 1.39. The quantitative estimate of drug-likeness (QED) is 0.872. The molecule has 1 aromatic rings. The number of nitriles is 1. The van der Waals surface area contributed by atoms with Crippen LogP contribution in [-0.4, -0.2) is 18.7 Å². The lowest BCUT2D eigenvalue weighted by Gasteiger charge is -2.07. The first kappa shape index (κ1) is 11.8. The van der Waals surface area contributed by atoms with Gasteiger partial charge in [0.1, 0.15) is 5.82 Å². The highest BCUT2D eigenvalue weighted by molar-refractivity contribution is 7.93. The second kappa shape index (κ2) is 4.47. The van der Waals surface area contributed by atoms with Crippen molar-refractivity contribution in [2.75, 3.05) is 4.72 Å². The van der Waals surface area contributed by atoms with E-state index >= 15 is 0 Å². The summed E-state index contributed by atoms with van der Waals surface area (Å²) in [7, 11) is -3.69. The van der Waals surface area contributed by atoms with E-state index in [1.807, 2.05) is 0 Å². The van der Waals surface area contributed by atoms with Gasteiger partial charge in [-0.05, 0) is 19.1 Å². The number of aromatic nitrogens is 1. The average Bonchev–Trinajstić information content (AvgIpc) is 2.20. The van der Waals surface area contributed by atoms with E-state index in [-0.39, 0.29) is 5.82 Å². The Labute approximate surface area is 92.8 Å². The van der Waals surface area contributed by atoms with E-state index in [0.29, 0.717) is 5.02 Å². The van der Waals surface area contributed by atoms with E-state index in [0.717, 1.165) is 0 Å². The molecule has 5 nitrogen and oxygen atoms in total. The average molecular weight is 246 g/mol. The molecule has 0 bridgehead atoms. The Morgan fingerprint density at radius 2 is 2.27 bits per heavy atom. The lowest BCUT2D eigenvalue weighted by molar-refractivity contribution is 0.597. The number of nitrogens with zero attached hydrogens (tertiary/aromatic N) is 2. The Bertz CT molecular complexity index is 478. The molecule has 1 aromatic heterocycles. The smallest absolute Gasteiger partial charge is 0.250 e. The van der Waals surface area contributed by atoms with Crippen LogP contribution in [-0.2, 0) is 10.0 Å². The molecule has 0 aromatic carbocycles. The van der Waals surface area contributed by atoms with Gasteiger partial charge >= 0.3 is 0 Å². The highest BCUT2D eigenvalue weighted by Gasteiger charge is 2.20. The normalized spacial score (nSPS) is 12.9. The zero-order valence-electron chi connectivity index (χ0n) is 7.81. The summed E-state index contributed by atoms with van der Waals surface area (Å²) in [5.74, 6) is 0.140. The molecular weight excluding hydrogens is 238 g/mol. The minimum absolute atomic E-state index is 0.140. The monoisotopic (exact) mass is 245 g/mol. The molecule has 0 aliphatic heterocycles. The fraction of sp³-hybridized carbons (Fsp3) is 0.250. The van der Waals surface area contributed by atoms with Gasteiger partial charge in [0.15, 0.2) is 5.25 Å². The Kier molecular flexibility index (Phi) is 3.50. The highest BCUT2D eigenvalue weighted by atomic mass is 35.5. The van der Waals surface area contributed by atoms with Gasteiger partial charge in [0, 0.05) is 6.20 Å². The van der Waals surface area contributed by atoms with Gasteiger partial charge in [-0.3, -0.25) is 4.72 Å². The van der Waals surface area contributed by atoms with Gasteiger partial charge in [-0.2, -0.15) is 5.26 Å². The van der Waals surface area contributed by atoms with Gasteiger partial charge in [-0.15, -0.1) is 0 Å². The number of pyridine rings is 1. The summed E-state index contributed by atoms with van der Waals surface area (Å²) in [6, 6.07) is 4.56. The standard InChI is InChI=1S/C8H8ClN3O2S/c1-6(4-10)15(13,14)12-8-3-2-7(9)5-11-8/h2-3,5-6H,1H3,(H,11,12). The maximum atomic E-state index is 11.4. The van der Waals surface area contributed by atoms with Gasteiger partial charge in [-0.25, -0.2) is 13.4 Å². The van der Waals surface area contributed by atoms with Crippen LogP contribution in [0.2, 0.25) is 5.02 Å². The van der Waals surface area contributed by atoms with Crippen molar-refractivity contribution in [2.45, 2.75) is 12.2 Å². The van der Waals surface area contributed by atoms with Gasteiger partial charge in [-0.1, -0.05) is 11.6 Å². The van der Waals surface area contributed by atoms with Gasteiger partial charge in [0.05, 0.1) is 11.1 Å². The van der Waals surface area contributed by atoms with Crippen molar-refractivity contribution in [3.05, 3.63) is 23.4 Å². The van der Waals surface area contributed by atoms with E-state index in [1.165, 1.54) is 25.3 Å². The molecule has 0 aliphatic carbocycles. The molecule has 7 heteroatoms. The summed E-state index contributed by atoms with van der Waals surface area (Å²) in [6.45, 7) is 1.29. The van der Waals surface area contributed by atoms with Crippen LogP contribution in [0.1, 0.15) is 6.92 Å². The SMILES string of the molecule is CC(C#N)S(=O)(=O)Nc1ccc(Cl)cn1. The molecule has 0 spiro atoms. The number of nitrogens with one attached hydrogen (secondary N) is 1. The van der Waals surface area contributed by atoms with E-state index in [9.17, 15) is 8.42 Å². The Hall–Kier alpha value is -1.32. The molecule has 1 heterocycles. The molecule has 1 rings (SSSR count). The van der Waals surface area contributed by atoms with Gasteiger partial charge in [0.2, 0.25) is 10.0 Å². The maximum absolute atomic E-state index is 11.4. The zero-order chi connectivity index (χ0) is 11.5. The van der Waals surface area contributed by atoms with Gasteiger partial charge in [0.25, 0.3) is 0 Å². The summed E-state index contributed by atoms with van der Waals surface area (Å²) in [5, 5.41) is 7.76. The summed E-state index contributed by atoms with van der Waals surface area (Å²) < 4.78 is 25.0. The van der Waals surface area contributed by atoms with Crippen molar-refractivity contribution in [1.82, 2.24) is 4.98 Å². The molecule has 0 fully saturated rings. The summed E-state index contributed by atoms with van der Waals surface area (Å²) in [5.41, 5.74) is 0. The highest BCUT2D eigenvalue weighted by Crippen LogP contribution is 2.12. The fourth-order valence-electron chi connectivity index (χ4n) is 0.740.